The summed E-state index contributed by atoms with van der Waals surface area (Å²) < 4.78 is 50.8. The highest BCUT2D eigenvalue weighted by molar-refractivity contribution is 5.73. The van der Waals surface area contributed by atoms with Crippen LogP contribution in [0, 0.1) is 0 Å². The number of carbonyl (C=O) groups is 2. The summed E-state index contributed by atoms with van der Waals surface area (Å²) in [5, 5.41) is 163. The van der Waals surface area contributed by atoms with E-state index in [2.05, 4.69) is 10.6 Å². The highest BCUT2D eigenvalue weighted by Crippen LogP contribution is 2.35. The Bertz CT molecular complexity index is 1440. The van der Waals surface area contributed by atoms with Crippen molar-refractivity contribution in [3.63, 3.8) is 0 Å². The van der Waals surface area contributed by atoms with Crippen LogP contribution in [0.15, 0.2) is 0 Å². The van der Waals surface area contributed by atoms with E-state index in [-0.39, 0.29) is 0 Å². The van der Waals surface area contributed by atoms with Crippen molar-refractivity contribution in [2.24, 2.45) is 0 Å². The first-order valence-corrected chi connectivity index (χ1v) is 19.6. The minimum Gasteiger partial charge on any atom is -0.394 e. The van der Waals surface area contributed by atoms with E-state index >= 15 is 0 Å². The number of hydrogen-bond acceptors (Lipinski definition) is 26. The van der Waals surface area contributed by atoms with E-state index in [4.69, 9.17) is 42.6 Å². The van der Waals surface area contributed by atoms with Gasteiger partial charge in [0.25, 0.3) is 0 Å². The molecule has 0 radical (unpaired) electrons. The Hall–Kier alpha value is -2.02. The molecule has 2 amide bonds. The summed E-state index contributed by atoms with van der Waals surface area (Å²) in [5.41, 5.74) is 0. The Morgan fingerprint density at radius 2 is 0.823 bits per heavy atom. The third-order valence-corrected chi connectivity index (χ3v) is 11.1. The Labute approximate surface area is 351 Å². The van der Waals surface area contributed by atoms with Crippen LogP contribution in [0.1, 0.15) is 13.8 Å². The SMILES string of the molecule is CC(=O)N[C@H]1[C@H](O[C@H]2[C@H](O)[C@@H](NC(C)=O)C(O)O[C@@H]2CO)O[C@H](CO)[C@@H](O[C@@H]2O[C@H](CO[C@H]3O[C@H](CO)[C@@H](O)[C@H](O)[C@@H]3O)[C@@H](O)[C@H](O[C@H]3O[C@H](CO)[C@@H](O)[C@H](O)[C@@H]3O)[C@@H]2O)[C@@H]1O. The maximum atomic E-state index is 12.4. The lowest BCUT2D eigenvalue weighted by molar-refractivity contribution is -0.384. The van der Waals surface area contributed by atoms with Crippen molar-refractivity contribution >= 4 is 11.8 Å². The van der Waals surface area contributed by atoms with E-state index in [0.717, 1.165) is 13.8 Å². The maximum Gasteiger partial charge on any atom is 0.217 e. The van der Waals surface area contributed by atoms with Crippen LogP contribution in [-0.2, 0) is 52.2 Å². The number of aliphatic hydroxyl groups is 15. The molecule has 1 unspecified atom stereocenters. The first kappa shape index (κ1) is 51.0. The van der Waals surface area contributed by atoms with Crippen molar-refractivity contribution < 1.29 is 129 Å². The first-order chi connectivity index (χ1) is 29.3. The topological polar surface area (TPSA) is 445 Å². The fourth-order valence-electron chi connectivity index (χ4n) is 7.73. The fourth-order valence-corrected chi connectivity index (χ4v) is 7.73. The van der Waals surface area contributed by atoms with Gasteiger partial charge < -0.3 is 130 Å². The second-order valence-corrected chi connectivity index (χ2v) is 15.5. The predicted molar refractivity (Wildman–Crippen MR) is 190 cm³/mol. The molecule has 5 aliphatic heterocycles. The van der Waals surface area contributed by atoms with Gasteiger partial charge in [-0.1, -0.05) is 0 Å². The van der Waals surface area contributed by atoms with E-state index in [1.807, 2.05) is 0 Å². The van der Waals surface area contributed by atoms with Crippen molar-refractivity contribution in [1.82, 2.24) is 10.6 Å². The zero-order valence-electron chi connectivity index (χ0n) is 33.2. The molecule has 5 rings (SSSR count). The lowest BCUT2D eigenvalue weighted by atomic mass is 9.94. The summed E-state index contributed by atoms with van der Waals surface area (Å²) in [4.78, 5) is 24.2. The van der Waals surface area contributed by atoms with Crippen LogP contribution in [0.3, 0.4) is 0 Å². The van der Waals surface area contributed by atoms with Crippen LogP contribution in [0.4, 0.5) is 0 Å². The van der Waals surface area contributed by atoms with E-state index < -0.39 is 198 Å². The fraction of sp³-hybridized carbons (Fsp3) is 0.941. The van der Waals surface area contributed by atoms with E-state index in [1.165, 1.54) is 0 Å². The van der Waals surface area contributed by atoms with Gasteiger partial charge in [-0.05, 0) is 0 Å². The van der Waals surface area contributed by atoms with E-state index in [0.29, 0.717) is 0 Å². The second kappa shape index (κ2) is 22.0. The molecule has 28 nitrogen and oxygen atoms in total. The molecule has 0 aliphatic carbocycles. The van der Waals surface area contributed by atoms with E-state index in [1.54, 1.807) is 0 Å². The average Bonchev–Trinajstić information content (AvgIpc) is 3.23. The zero-order valence-corrected chi connectivity index (χ0v) is 33.2. The Kier molecular flexibility index (Phi) is 18.1. The smallest absolute Gasteiger partial charge is 0.217 e. The first-order valence-electron chi connectivity index (χ1n) is 19.6. The summed E-state index contributed by atoms with van der Waals surface area (Å²) in [5.74, 6) is -1.49. The molecule has 5 fully saturated rings. The molecule has 5 saturated heterocycles. The number of aliphatic hydroxyl groups excluding tert-OH is 15. The number of rotatable bonds is 15. The number of hydrogen-bond donors (Lipinski definition) is 17. The molecule has 28 heteroatoms. The van der Waals surface area contributed by atoms with Crippen molar-refractivity contribution in [3.05, 3.63) is 0 Å². The largest absolute Gasteiger partial charge is 0.394 e. The standard InChI is InChI=1S/C34H58N2O26/c1-8(41)35-15-20(46)27(12(5-39)55-30(15)53)60-31-16(36-9(2)42)21(47)28(13(6-40)58-31)61-34-26(52)29(62-33-25(51)23(49)18(44)11(4-38)57-33)19(45)14(59-34)7-54-32-24(50)22(48)17(43)10(3-37)56-32/h10-34,37-40,43-53H,3-7H2,1-2H3,(H,35,41)(H,36,42)/t10-,11-,12-,13-,14-,15-,16-,17-,18-,19-,20-,21-,22+,23+,24+,25+,26+,27-,28-,29+,30?,31+,32+,33-,34+/m1/s1. The van der Waals surface area contributed by atoms with E-state index in [9.17, 15) is 86.2 Å². The molecule has 62 heavy (non-hydrogen) atoms. The summed E-state index contributed by atoms with van der Waals surface area (Å²) in [6, 6.07) is -3.19. The molecule has 0 spiro atoms. The van der Waals surface area contributed by atoms with Gasteiger partial charge in [-0.3, -0.25) is 9.59 Å². The number of amides is 2. The molecule has 5 heterocycles. The molecule has 0 aromatic carbocycles. The highest BCUT2D eigenvalue weighted by Gasteiger charge is 2.56. The van der Waals surface area contributed by atoms with Crippen molar-refractivity contribution in [2.45, 2.75) is 167 Å². The minimum atomic E-state index is -2.18. The van der Waals surface area contributed by atoms with Crippen LogP contribution in [-0.4, -0.2) is 275 Å². The number of nitrogens with one attached hydrogen (secondary N) is 2. The monoisotopic (exact) mass is 910 g/mol. The molecule has 0 aromatic rings. The number of ether oxygens (including phenoxy) is 9. The molecular formula is C34H58N2O26. The lowest BCUT2D eigenvalue weighted by Gasteiger charge is -2.50. The summed E-state index contributed by atoms with van der Waals surface area (Å²) in [6.45, 7) is -2.31. The maximum absolute atomic E-state index is 12.4. The van der Waals surface area contributed by atoms with Gasteiger partial charge in [0.1, 0.15) is 122 Å². The normalized spacial score (nSPS) is 49.0. The predicted octanol–water partition coefficient (Wildman–Crippen LogP) is -11.6. The zero-order chi connectivity index (χ0) is 45.9. The third kappa shape index (κ3) is 11.0. The highest BCUT2D eigenvalue weighted by atomic mass is 16.8. The van der Waals surface area contributed by atoms with Crippen molar-refractivity contribution in [1.29, 1.82) is 0 Å². The third-order valence-electron chi connectivity index (χ3n) is 11.1. The molecule has 25 atom stereocenters. The summed E-state index contributed by atoms with van der Waals surface area (Å²) >= 11 is 0. The minimum absolute atomic E-state index is 0.693. The van der Waals surface area contributed by atoms with Gasteiger partial charge in [0, 0.05) is 13.8 Å². The molecule has 0 bridgehead atoms. The molecule has 0 saturated carbocycles. The molecule has 5 aliphatic rings. The Balaban J connectivity index is 1.41. The Morgan fingerprint density at radius 1 is 0.419 bits per heavy atom. The summed E-state index contributed by atoms with van der Waals surface area (Å²) in [7, 11) is 0. The van der Waals surface area contributed by atoms with Crippen LogP contribution < -0.4 is 10.6 Å². The van der Waals surface area contributed by atoms with Crippen LogP contribution in [0.2, 0.25) is 0 Å². The average molecular weight is 911 g/mol. The number of carbonyl (C=O) groups excluding carboxylic acids is 2. The van der Waals surface area contributed by atoms with Gasteiger partial charge in [-0.25, -0.2) is 0 Å². The van der Waals surface area contributed by atoms with Crippen molar-refractivity contribution in [3.8, 4) is 0 Å². The summed E-state index contributed by atoms with van der Waals surface area (Å²) in [6.07, 6.45) is -42.3. The van der Waals surface area contributed by atoms with Crippen LogP contribution in [0.25, 0.3) is 0 Å². The molecule has 360 valence electrons. The van der Waals surface area contributed by atoms with Crippen LogP contribution in [0.5, 0.6) is 0 Å². The Morgan fingerprint density at radius 3 is 1.35 bits per heavy atom. The van der Waals surface area contributed by atoms with Crippen molar-refractivity contribution in [2.75, 3.05) is 33.0 Å². The molecule has 17 N–H and O–H groups in total. The quantitative estimate of drug-likeness (QED) is 0.0725. The van der Waals surface area contributed by atoms with Gasteiger partial charge in [-0.2, -0.15) is 0 Å². The molecular weight excluding hydrogens is 852 g/mol. The van der Waals surface area contributed by atoms with Gasteiger partial charge in [-0.15, -0.1) is 0 Å². The van der Waals surface area contributed by atoms with Gasteiger partial charge in [0.15, 0.2) is 31.5 Å². The second-order valence-electron chi connectivity index (χ2n) is 15.5. The van der Waals surface area contributed by atoms with Gasteiger partial charge in [0.2, 0.25) is 11.8 Å². The van der Waals surface area contributed by atoms with Gasteiger partial charge >= 0.3 is 0 Å². The van der Waals surface area contributed by atoms with Gasteiger partial charge in [0.05, 0.1) is 33.0 Å². The lowest BCUT2D eigenvalue weighted by Crippen LogP contribution is -2.70. The van der Waals surface area contributed by atoms with Crippen LogP contribution >= 0.6 is 0 Å². The molecule has 0 aromatic heterocycles.